The minimum Gasteiger partial charge on any atom is -0.339 e. The van der Waals surface area contributed by atoms with E-state index in [0.29, 0.717) is 18.5 Å². The molecule has 0 aromatic carbocycles. The van der Waals surface area contributed by atoms with E-state index in [1.165, 1.54) is 0 Å². The van der Waals surface area contributed by atoms with E-state index in [0.717, 1.165) is 32.6 Å². The van der Waals surface area contributed by atoms with E-state index < -0.39 is 0 Å². The summed E-state index contributed by atoms with van der Waals surface area (Å²) < 4.78 is 0. The first kappa shape index (κ1) is 14.5. The number of hydrogen-bond donors (Lipinski definition) is 1. The Morgan fingerprint density at radius 1 is 1.35 bits per heavy atom. The van der Waals surface area contributed by atoms with Crippen LogP contribution in [0, 0.1) is 5.92 Å². The zero-order chi connectivity index (χ0) is 12.8. The Morgan fingerprint density at radius 2 is 1.94 bits per heavy atom. The minimum absolute atomic E-state index is 0.271. The van der Waals surface area contributed by atoms with Crippen molar-refractivity contribution in [3.05, 3.63) is 0 Å². The van der Waals surface area contributed by atoms with Gasteiger partial charge in [0.1, 0.15) is 0 Å². The molecule has 0 aliphatic carbocycles. The molecule has 17 heavy (non-hydrogen) atoms. The van der Waals surface area contributed by atoms with Crippen LogP contribution in [0.15, 0.2) is 0 Å². The summed E-state index contributed by atoms with van der Waals surface area (Å²) in [4.78, 5) is 16.3. The Labute approximate surface area is 105 Å². The van der Waals surface area contributed by atoms with Crippen molar-refractivity contribution in [2.45, 2.75) is 33.2 Å². The lowest BCUT2D eigenvalue weighted by atomic mass is 10.0. The SMILES string of the molecule is CCC(C(C)C)N(C)CC(=O)N1CCNCC1. The Kier molecular flexibility index (Phi) is 5.92. The number of nitrogens with zero attached hydrogens (tertiary/aromatic N) is 2. The van der Waals surface area contributed by atoms with Gasteiger partial charge in [-0.25, -0.2) is 0 Å². The molecule has 0 aromatic rings. The summed E-state index contributed by atoms with van der Waals surface area (Å²) in [7, 11) is 2.06. The standard InChI is InChI=1S/C13H27N3O/c1-5-12(11(2)3)15(4)10-13(17)16-8-6-14-7-9-16/h11-12,14H,5-10H2,1-4H3. The Bertz CT molecular complexity index is 237. The van der Waals surface area contributed by atoms with Gasteiger partial charge in [0, 0.05) is 32.2 Å². The number of carbonyl (C=O) groups is 1. The second kappa shape index (κ2) is 6.97. The number of hydrogen-bond acceptors (Lipinski definition) is 3. The highest BCUT2D eigenvalue weighted by Crippen LogP contribution is 2.12. The van der Waals surface area contributed by atoms with Gasteiger partial charge in [-0.3, -0.25) is 9.69 Å². The van der Waals surface area contributed by atoms with Gasteiger partial charge in [0.2, 0.25) is 5.91 Å². The van der Waals surface area contributed by atoms with Crippen molar-refractivity contribution in [1.29, 1.82) is 0 Å². The van der Waals surface area contributed by atoms with Crippen molar-refractivity contribution in [3.63, 3.8) is 0 Å². The van der Waals surface area contributed by atoms with Crippen LogP contribution < -0.4 is 5.32 Å². The molecule has 1 atom stereocenters. The molecule has 1 N–H and O–H groups in total. The van der Waals surface area contributed by atoms with E-state index in [-0.39, 0.29) is 5.91 Å². The maximum atomic E-state index is 12.1. The lowest BCUT2D eigenvalue weighted by molar-refractivity contribution is -0.133. The monoisotopic (exact) mass is 241 g/mol. The van der Waals surface area contributed by atoms with Crippen LogP contribution in [0.5, 0.6) is 0 Å². The second-order valence-corrected chi connectivity index (χ2v) is 5.27. The van der Waals surface area contributed by atoms with E-state index in [4.69, 9.17) is 0 Å². The largest absolute Gasteiger partial charge is 0.339 e. The van der Waals surface area contributed by atoms with Gasteiger partial charge in [-0.1, -0.05) is 20.8 Å². The van der Waals surface area contributed by atoms with Crippen molar-refractivity contribution in [2.75, 3.05) is 39.8 Å². The third-order valence-corrected chi connectivity index (χ3v) is 3.61. The van der Waals surface area contributed by atoms with Crippen LogP contribution in [-0.4, -0.2) is 61.5 Å². The van der Waals surface area contributed by atoms with Crippen LogP contribution in [0.3, 0.4) is 0 Å². The van der Waals surface area contributed by atoms with Crippen LogP contribution in [0.2, 0.25) is 0 Å². The first-order valence-corrected chi connectivity index (χ1v) is 6.75. The van der Waals surface area contributed by atoms with Gasteiger partial charge in [0.25, 0.3) is 0 Å². The average molecular weight is 241 g/mol. The van der Waals surface area contributed by atoms with E-state index in [1.54, 1.807) is 0 Å². The molecule has 1 heterocycles. The van der Waals surface area contributed by atoms with Gasteiger partial charge in [-0.05, 0) is 19.4 Å². The molecule has 1 fully saturated rings. The molecule has 1 amide bonds. The number of amides is 1. The predicted molar refractivity (Wildman–Crippen MR) is 71.0 cm³/mol. The summed E-state index contributed by atoms with van der Waals surface area (Å²) in [5, 5.41) is 3.27. The summed E-state index contributed by atoms with van der Waals surface area (Å²) >= 11 is 0. The van der Waals surface area contributed by atoms with Crippen LogP contribution in [-0.2, 0) is 4.79 Å². The number of carbonyl (C=O) groups excluding carboxylic acids is 1. The highest BCUT2D eigenvalue weighted by molar-refractivity contribution is 5.78. The van der Waals surface area contributed by atoms with Crippen molar-refractivity contribution < 1.29 is 4.79 Å². The number of nitrogens with one attached hydrogen (secondary N) is 1. The van der Waals surface area contributed by atoms with Crippen molar-refractivity contribution >= 4 is 5.91 Å². The lowest BCUT2D eigenvalue weighted by Gasteiger charge is -2.33. The third-order valence-electron chi connectivity index (χ3n) is 3.61. The highest BCUT2D eigenvalue weighted by atomic mass is 16.2. The molecule has 0 bridgehead atoms. The van der Waals surface area contributed by atoms with Gasteiger partial charge in [0.15, 0.2) is 0 Å². The molecular formula is C13H27N3O. The third kappa shape index (κ3) is 4.28. The molecule has 0 aromatic heterocycles. The molecule has 1 rings (SSSR count). The molecular weight excluding hydrogens is 214 g/mol. The van der Waals surface area contributed by atoms with E-state index in [1.807, 2.05) is 4.90 Å². The summed E-state index contributed by atoms with van der Waals surface area (Å²) in [6, 6.07) is 0.502. The fraction of sp³-hybridized carbons (Fsp3) is 0.923. The summed E-state index contributed by atoms with van der Waals surface area (Å²) in [6.07, 6.45) is 1.10. The number of rotatable bonds is 5. The van der Waals surface area contributed by atoms with Crippen LogP contribution in [0.1, 0.15) is 27.2 Å². The van der Waals surface area contributed by atoms with Crippen LogP contribution in [0.25, 0.3) is 0 Å². The zero-order valence-electron chi connectivity index (χ0n) is 11.7. The Morgan fingerprint density at radius 3 is 2.41 bits per heavy atom. The van der Waals surface area contributed by atoms with Gasteiger partial charge in [-0.15, -0.1) is 0 Å². The van der Waals surface area contributed by atoms with Crippen molar-refractivity contribution in [1.82, 2.24) is 15.1 Å². The molecule has 1 aliphatic heterocycles. The molecule has 0 spiro atoms. The van der Waals surface area contributed by atoms with E-state index in [9.17, 15) is 4.79 Å². The molecule has 1 aliphatic rings. The van der Waals surface area contributed by atoms with Crippen LogP contribution >= 0.6 is 0 Å². The predicted octanol–water partition coefficient (Wildman–Crippen LogP) is 0.785. The number of piperazine rings is 1. The quantitative estimate of drug-likeness (QED) is 0.773. The van der Waals surface area contributed by atoms with Gasteiger partial charge < -0.3 is 10.2 Å². The van der Waals surface area contributed by atoms with Crippen molar-refractivity contribution in [2.24, 2.45) is 5.92 Å². The topological polar surface area (TPSA) is 35.6 Å². The molecule has 0 saturated carbocycles. The zero-order valence-corrected chi connectivity index (χ0v) is 11.7. The average Bonchev–Trinajstić information content (AvgIpc) is 2.30. The first-order chi connectivity index (χ1) is 8.06. The summed E-state index contributed by atoms with van der Waals surface area (Å²) in [6.45, 7) is 10.7. The normalized spacial score (nSPS) is 18.8. The lowest BCUT2D eigenvalue weighted by Crippen LogP contribution is -2.50. The first-order valence-electron chi connectivity index (χ1n) is 6.75. The maximum absolute atomic E-state index is 12.1. The smallest absolute Gasteiger partial charge is 0.236 e. The van der Waals surface area contributed by atoms with Crippen LogP contribution in [0.4, 0.5) is 0 Å². The fourth-order valence-electron chi connectivity index (χ4n) is 2.64. The Hall–Kier alpha value is -0.610. The molecule has 100 valence electrons. The van der Waals surface area contributed by atoms with Crippen molar-refractivity contribution in [3.8, 4) is 0 Å². The molecule has 1 unspecified atom stereocenters. The molecule has 4 nitrogen and oxygen atoms in total. The van der Waals surface area contributed by atoms with Gasteiger partial charge in [0.05, 0.1) is 6.54 Å². The fourth-order valence-corrected chi connectivity index (χ4v) is 2.64. The van der Waals surface area contributed by atoms with Gasteiger partial charge >= 0.3 is 0 Å². The van der Waals surface area contributed by atoms with Gasteiger partial charge in [-0.2, -0.15) is 0 Å². The minimum atomic E-state index is 0.271. The van der Waals surface area contributed by atoms with E-state index in [2.05, 4.69) is 38.0 Å². The molecule has 0 radical (unpaired) electrons. The maximum Gasteiger partial charge on any atom is 0.236 e. The second-order valence-electron chi connectivity index (χ2n) is 5.27. The summed E-state index contributed by atoms with van der Waals surface area (Å²) in [5.41, 5.74) is 0. The van der Waals surface area contributed by atoms with E-state index >= 15 is 0 Å². The highest BCUT2D eigenvalue weighted by Gasteiger charge is 2.22. The molecule has 4 heteroatoms. The molecule has 1 saturated heterocycles. The summed E-state index contributed by atoms with van der Waals surface area (Å²) in [5.74, 6) is 0.869. The Balaban J connectivity index is 2.43. The number of likely N-dealkylation sites (N-methyl/N-ethyl adjacent to an activating group) is 1.